The molecular formula is C13H21N3O4. The van der Waals surface area contributed by atoms with Gasteiger partial charge in [-0.15, -0.1) is 0 Å². The summed E-state index contributed by atoms with van der Waals surface area (Å²) in [5, 5.41) is 5.46. The van der Waals surface area contributed by atoms with Crippen LogP contribution in [-0.2, 0) is 14.3 Å². The van der Waals surface area contributed by atoms with Crippen LogP contribution in [0.15, 0.2) is 0 Å². The number of nitrogens with zero attached hydrogens (tertiary/aromatic N) is 1. The third kappa shape index (κ3) is 2.92. The number of urea groups is 1. The van der Waals surface area contributed by atoms with Crippen molar-refractivity contribution in [3.63, 3.8) is 0 Å². The van der Waals surface area contributed by atoms with E-state index in [1.807, 2.05) is 20.8 Å². The second-order valence-corrected chi connectivity index (χ2v) is 6.31. The van der Waals surface area contributed by atoms with Crippen molar-refractivity contribution < 1.29 is 19.1 Å². The highest BCUT2D eigenvalue weighted by atomic mass is 16.5. The summed E-state index contributed by atoms with van der Waals surface area (Å²) in [5.41, 5.74) is -1.27. The molecule has 0 aromatic heterocycles. The van der Waals surface area contributed by atoms with Crippen molar-refractivity contribution in [1.29, 1.82) is 0 Å². The minimum Gasteiger partial charge on any atom is -0.381 e. The van der Waals surface area contributed by atoms with E-state index in [4.69, 9.17) is 4.74 Å². The van der Waals surface area contributed by atoms with Gasteiger partial charge in [-0.3, -0.25) is 14.5 Å². The molecule has 2 N–H and O–H groups in total. The van der Waals surface area contributed by atoms with Gasteiger partial charge in [0.15, 0.2) is 0 Å². The van der Waals surface area contributed by atoms with Crippen LogP contribution in [0.1, 0.15) is 33.6 Å². The number of ether oxygens (including phenoxy) is 1. The smallest absolute Gasteiger partial charge is 0.325 e. The Morgan fingerprint density at radius 2 is 1.95 bits per heavy atom. The van der Waals surface area contributed by atoms with Crippen LogP contribution in [0.2, 0.25) is 0 Å². The van der Waals surface area contributed by atoms with Gasteiger partial charge in [0, 0.05) is 31.6 Å². The lowest BCUT2D eigenvalue weighted by molar-refractivity contribution is -0.137. The van der Waals surface area contributed by atoms with Crippen LogP contribution in [0.5, 0.6) is 0 Å². The molecule has 2 saturated heterocycles. The molecule has 0 aromatic carbocycles. The summed E-state index contributed by atoms with van der Waals surface area (Å²) in [6.07, 6.45) is 0.907. The largest absolute Gasteiger partial charge is 0.381 e. The van der Waals surface area contributed by atoms with Crippen molar-refractivity contribution in [2.75, 3.05) is 19.8 Å². The van der Waals surface area contributed by atoms with Gasteiger partial charge in [0.05, 0.1) is 0 Å². The number of hydrogen-bond donors (Lipinski definition) is 2. The summed E-state index contributed by atoms with van der Waals surface area (Å²) in [6, 6.07) is -0.499. The number of imide groups is 1. The number of carbonyl (C=O) groups is 3. The Morgan fingerprint density at radius 3 is 2.50 bits per heavy atom. The van der Waals surface area contributed by atoms with E-state index in [0.29, 0.717) is 26.1 Å². The Hall–Kier alpha value is -1.63. The van der Waals surface area contributed by atoms with Gasteiger partial charge in [-0.25, -0.2) is 4.79 Å². The van der Waals surface area contributed by atoms with Crippen molar-refractivity contribution in [3.05, 3.63) is 0 Å². The lowest BCUT2D eigenvalue weighted by atomic mass is 9.90. The molecule has 0 saturated carbocycles. The van der Waals surface area contributed by atoms with E-state index < -0.39 is 17.1 Å². The number of rotatable bonds is 2. The first kappa shape index (κ1) is 14.8. The molecule has 112 valence electrons. The summed E-state index contributed by atoms with van der Waals surface area (Å²) < 4.78 is 5.22. The van der Waals surface area contributed by atoms with E-state index in [2.05, 4.69) is 10.6 Å². The van der Waals surface area contributed by atoms with Gasteiger partial charge >= 0.3 is 6.03 Å². The Kier molecular flexibility index (Phi) is 3.73. The van der Waals surface area contributed by atoms with Crippen LogP contribution in [0.4, 0.5) is 4.79 Å². The van der Waals surface area contributed by atoms with Gasteiger partial charge in [0.25, 0.3) is 5.91 Å². The quantitative estimate of drug-likeness (QED) is 0.698. The molecule has 2 heterocycles. The molecule has 7 heteroatoms. The van der Waals surface area contributed by atoms with Crippen LogP contribution >= 0.6 is 0 Å². The van der Waals surface area contributed by atoms with E-state index in [1.165, 1.54) is 0 Å². The van der Waals surface area contributed by atoms with Crippen molar-refractivity contribution in [3.8, 4) is 0 Å². The molecule has 0 bridgehead atoms. The summed E-state index contributed by atoms with van der Waals surface area (Å²) in [7, 11) is 0. The van der Waals surface area contributed by atoms with E-state index in [-0.39, 0.29) is 18.4 Å². The Labute approximate surface area is 118 Å². The molecular weight excluding hydrogens is 262 g/mol. The molecule has 7 nitrogen and oxygen atoms in total. The molecule has 0 aliphatic carbocycles. The first-order valence-electron chi connectivity index (χ1n) is 6.76. The van der Waals surface area contributed by atoms with Crippen LogP contribution in [0.3, 0.4) is 0 Å². The van der Waals surface area contributed by atoms with E-state index in [1.54, 1.807) is 0 Å². The zero-order chi connectivity index (χ0) is 15.0. The molecule has 0 unspecified atom stereocenters. The lowest BCUT2D eigenvalue weighted by Gasteiger charge is -2.30. The normalized spacial score (nSPS) is 22.1. The molecule has 0 radical (unpaired) electrons. The molecule has 1 spiro atoms. The van der Waals surface area contributed by atoms with Gasteiger partial charge in [0.1, 0.15) is 12.1 Å². The highest BCUT2D eigenvalue weighted by Gasteiger charge is 2.52. The van der Waals surface area contributed by atoms with Crippen molar-refractivity contribution in [2.45, 2.75) is 44.7 Å². The van der Waals surface area contributed by atoms with Crippen molar-refractivity contribution in [2.24, 2.45) is 0 Å². The van der Waals surface area contributed by atoms with Crippen LogP contribution in [0, 0.1) is 0 Å². The third-order valence-electron chi connectivity index (χ3n) is 3.41. The zero-order valence-electron chi connectivity index (χ0n) is 12.1. The van der Waals surface area contributed by atoms with Crippen molar-refractivity contribution >= 4 is 17.8 Å². The zero-order valence-corrected chi connectivity index (χ0v) is 12.1. The molecule has 2 aliphatic rings. The predicted molar refractivity (Wildman–Crippen MR) is 70.9 cm³/mol. The van der Waals surface area contributed by atoms with E-state index in [0.717, 1.165) is 4.90 Å². The Bertz CT molecular complexity index is 435. The summed E-state index contributed by atoms with van der Waals surface area (Å²) in [6.45, 7) is 6.16. The fourth-order valence-electron chi connectivity index (χ4n) is 2.48. The van der Waals surface area contributed by atoms with Crippen LogP contribution in [0.25, 0.3) is 0 Å². The highest BCUT2D eigenvalue weighted by molar-refractivity contribution is 6.09. The molecule has 0 aromatic rings. The number of nitrogens with one attached hydrogen (secondary N) is 2. The number of amides is 4. The average Bonchev–Trinajstić information content (AvgIpc) is 2.53. The SMILES string of the molecule is CC(C)(C)NC(=O)CN1C(=O)NC2(CCOCC2)C1=O. The second-order valence-electron chi connectivity index (χ2n) is 6.31. The maximum atomic E-state index is 12.4. The molecule has 2 aliphatic heterocycles. The van der Waals surface area contributed by atoms with Gasteiger partial charge in [-0.2, -0.15) is 0 Å². The van der Waals surface area contributed by atoms with Gasteiger partial charge in [0.2, 0.25) is 5.91 Å². The number of hydrogen-bond acceptors (Lipinski definition) is 4. The van der Waals surface area contributed by atoms with Crippen molar-refractivity contribution in [1.82, 2.24) is 15.5 Å². The van der Waals surface area contributed by atoms with Gasteiger partial charge in [-0.1, -0.05) is 0 Å². The topological polar surface area (TPSA) is 87.7 Å². The second kappa shape index (κ2) is 5.05. The first-order chi connectivity index (χ1) is 9.23. The molecule has 4 amide bonds. The van der Waals surface area contributed by atoms with Crippen LogP contribution < -0.4 is 10.6 Å². The number of carbonyl (C=O) groups excluding carboxylic acids is 3. The molecule has 0 atom stereocenters. The van der Waals surface area contributed by atoms with E-state index in [9.17, 15) is 14.4 Å². The molecule has 2 fully saturated rings. The monoisotopic (exact) mass is 283 g/mol. The minimum atomic E-state index is -0.878. The lowest BCUT2D eigenvalue weighted by Crippen LogP contribution is -2.52. The Balaban J connectivity index is 2.04. The fourth-order valence-corrected chi connectivity index (χ4v) is 2.48. The maximum absolute atomic E-state index is 12.4. The summed E-state index contributed by atoms with van der Waals surface area (Å²) >= 11 is 0. The molecule has 20 heavy (non-hydrogen) atoms. The summed E-state index contributed by atoms with van der Waals surface area (Å²) in [5.74, 6) is -0.667. The minimum absolute atomic E-state index is 0.245. The standard InChI is InChI=1S/C13H21N3O4/c1-12(2,3)14-9(17)8-16-10(18)13(15-11(16)19)4-6-20-7-5-13/h4-8H2,1-3H3,(H,14,17)(H,15,19). The van der Waals surface area contributed by atoms with Crippen LogP contribution in [-0.4, -0.2) is 53.6 Å². The first-order valence-corrected chi connectivity index (χ1v) is 6.76. The predicted octanol–water partition coefficient (Wildman–Crippen LogP) is 0.00210. The van der Waals surface area contributed by atoms with Gasteiger partial charge in [-0.05, 0) is 20.8 Å². The Morgan fingerprint density at radius 1 is 1.35 bits per heavy atom. The highest BCUT2D eigenvalue weighted by Crippen LogP contribution is 2.28. The fraction of sp³-hybridized carbons (Fsp3) is 0.769. The maximum Gasteiger partial charge on any atom is 0.325 e. The average molecular weight is 283 g/mol. The van der Waals surface area contributed by atoms with Gasteiger partial charge < -0.3 is 15.4 Å². The third-order valence-corrected chi connectivity index (χ3v) is 3.41. The summed E-state index contributed by atoms with van der Waals surface area (Å²) in [4.78, 5) is 37.2. The van der Waals surface area contributed by atoms with E-state index >= 15 is 0 Å². The molecule has 2 rings (SSSR count).